The summed E-state index contributed by atoms with van der Waals surface area (Å²) in [4.78, 5) is 38.0. The van der Waals surface area contributed by atoms with E-state index in [0.29, 0.717) is 16.3 Å². The van der Waals surface area contributed by atoms with Crippen molar-refractivity contribution in [3.8, 4) is 0 Å². The van der Waals surface area contributed by atoms with E-state index in [9.17, 15) is 27.6 Å². The van der Waals surface area contributed by atoms with E-state index in [1.807, 2.05) is 60.7 Å². The van der Waals surface area contributed by atoms with Crippen LogP contribution in [0.1, 0.15) is 53.9 Å². The van der Waals surface area contributed by atoms with Crippen molar-refractivity contribution in [2.75, 3.05) is 19.4 Å². The third-order valence-electron chi connectivity index (χ3n) is 6.73. The molecule has 0 aliphatic heterocycles. The van der Waals surface area contributed by atoms with Crippen molar-refractivity contribution in [1.29, 1.82) is 0 Å². The number of anilines is 1. The van der Waals surface area contributed by atoms with Crippen LogP contribution in [0, 0.1) is 0 Å². The fourth-order valence-corrected chi connectivity index (χ4v) is 5.14. The Balaban J connectivity index is 1.44. The first-order chi connectivity index (χ1) is 21.8. The van der Waals surface area contributed by atoms with Crippen LogP contribution in [0.15, 0.2) is 78.3 Å². The van der Waals surface area contributed by atoms with Crippen LogP contribution in [-0.2, 0) is 33.6 Å². The predicted molar refractivity (Wildman–Crippen MR) is 171 cm³/mol. The number of amides is 3. The first kappa shape index (κ1) is 35.8. The molecule has 3 amide bonds. The molecule has 1 atom stereocenters. The Morgan fingerprint density at radius 1 is 0.957 bits per heavy atom. The average Bonchev–Trinajstić information content (AvgIpc) is 3.43. The third-order valence-corrected chi connectivity index (χ3v) is 7.63. The quantitative estimate of drug-likeness (QED) is 0.136. The van der Waals surface area contributed by atoms with Crippen LogP contribution in [0.3, 0.4) is 0 Å². The van der Waals surface area contributed by atoms with Crippen molar-refractivity contribution in [2.45, 2.75) is 57.7 Å². The normalized spacial score (nSPS) is 12.7. The molecular weight excluding hydrogens is 619 g/mol. The molecule has 0 aliphatic rings. The molecule has 1 aromatic heterocycles. The van der Waals surface area contributed by atoms with Gasteiger partial charge < -0.3 is 26.6 Å². The van der Waals surface area contributed by atoms with Crippen molar-refractivity contribution >= 4 is 34.2 Å². The largest absolute Gasteiger partial charge is 0.471 e. The molecule has 5 N–H and O–H groups in total. The molecule has 46 heavy (non-hydrogen) atoms. The molecule has 0 saturated heterocycles. The number of halogens is 3. The molecule has 3 rings (SSSR count). The highest BCUT2D eigenvalue weighted by Crippen LogP contribution is 2.21. The zero-order valence-electron chi connectivity index (χ0n) is 25.9. The number of unbranched alkanes of at least 4 members (excludes halogenated alkanes) is 1. The van der Waals surface area contributed by atoms with E-state index < -0.39 is 24.0 Å². The molecule has 0 bridgehead atoms. The maximum Gasteiger partial charge on any atom is 0.471 e. The van der Waals surface area contributed by atoms with Crippen molar-refractivity contribution in [1.82, 2.24) is 25.7 Å². The number of carbonyl (C=O) groups is 3. The Labute approximate surface area is 270 Å². The molecule has 0 radical (unpaired) electrons. The van der Waals surface area contributed by atoms with Crippen LogP contribution in [0.2, 0.25) is 0 Å². The summed E-state index contributed by atoms with van der Waals surface area (Å²) < 4.78 is 37.7. The van der Waals surface area contributed by atoms with Gasteiger partial charge in [0.25, 0.3) is 0 Å². The van der Waals surface area contributed by atoms with Gasteiger partial charge in [-0.05, 0) is 55.0 Å². The van der Waals surface area contributed by atoms with Crippen molar-refractivity contribution in [2.24, 2.45) is 5.73 Å². The number of nitrogens with two attached hydrogens (primary N) is 1. The number of nitrogens with zero attached hydrogens (tertiary/aromatic N) is 3. The van der Waals surface area contributed by atoms with Crippen LogP contribution in [-0.4, -0.2) is 53.1 Å². The standard InChI is InChI=1S/C32H38F3N7O3S/c1-21(37-30(45)32(33,34)35)24-13-9-12-23(18-24)20-27(43)38-26(36)17-16-25(42(2)3)14-7-8-15-29-40-41-31(46-29)39-28(44)19-22-10-5-4-6-11-22/h4-6,9-13,16-18,21H,7-8,14-15,19-20,36H2,1-3H3,(H,37,45)(H,38,43)(H,39,41,44)/b25-16-,26-17+. The second-order valence-electron chi connectivity index (χ2n) is 10.8. The summed E-state index contributed by atoms with van der Waals surface area (Å²) in [7, 11) is 3.82. The van der Waals surface area contributed by atoms with Gasteiger partial charge in [-0.2, -0.15) is 13.2 Å². The lowest BCUT2D eigenvalue weighted by Crippen LogP contribution is -2.38. The first-order valence-electron chi connectivity index (χ1n) is 14.6. The number of rotatable bonds is 15. The zero-order chi connectivity index (χ0) is 33.7. The molecule has 0 spiro atoms. The molecular formula is C32H38F3N7O3S. The molecule has 2 aromatic carbocycles. The van der Waals surface area contributed by atoms with E-state index in [-0.39, 0.29) is 24.6 Å². The number of hydrogen-bond acceptors (Lipinski definition) is 8. The van der Waals surface area contributed by atoms with Gasteiger partial charge in [-0.15, -0.1) is 10.2 Å². The SMILES string of the molecule is CC(NC(=O)C(F)(F)F)c1cccc(CC(=O)N/C(N)=C/C=C(/CCCCc2nnc(NC(=O)Cc3ccccc3)s2)N(C)C)c1. The number of allylic oxidation sites excluding steroid dienone is 3. The summed E-state index contributed by atoms with van der Waals surface area (Å²) in [5.74, 6) is -2.43. The maximum absolute atomic E-state index is 12.6. The van der Waals surface area contributed by atoms with Crippen LogP contribution in [0.25, 0.3) is 0 Å². The van der Waals surface area contributed by atoms with E-state index in [2.05, 4.69) is 20.8 Å². The van der Waals surface area contributed by atoms with Gasteiger partial charge in [0.2, 0.25) is 16.9 Å². The van der Waals surface area contributed by atoms with Crippen molar-refractivity contribution in [3.05, 3.63) is 100.0 Å². The number of aromatic nitrogens is 2. The highest BCUT2D eigenvalue weighted by atomic mass is 32.1. The van der Waals surface area contributed by atoms with Gasteiger partial charge in [0, 0.05) is 26.2 Å². The summed E-state index contributed by atoms with van der Waals surface area (Å²) in [5.41, 5.74) is 8.93. The summed E-state index contributed by atoms with van der Waals surface area (Å²) in [6.07, 6.45) is 1.84. The number of alkyl halides is 3. The Morgan fingerprint density at radius 3 is 2.35 bits per heavy atom. The molecule has 0 saturated carbocycles. The zero-order valence-corrected chi connectivity index (χ0v) is 26.7. The monoisotopic (exact) mass is 657 g/mol. The van der Waals surface area contributed by atoms with Gasteiger partial charge in [0.05, 0.1) is 18.9 Å². The topological polar surface area (TPSA) is 142 Å². The summed E-state index contributed by atoms with van der Waals surface area (Å²) in [6.45, 7) is 1.43. The highest BCUT2D eigenvalue weighted by Gasteiger charge is 2.39. The van der Waals surface area contributed by atoms with Crippen LogP contribution < -0.4 is 21.7 Å². The number of aryl methyl sites for hydroxylation is 1. The summed E-state index contributed by atoms with van der Waals surface area (Å²) in [6, 6.07) is 15.0. The summed E-state index contributed by atoms with van der Waals surface area (Å²) >= 11 is 1.36. The third kappa shape index (κ3) is 12.3. The summed E-state index contributed by atoms with van der Waals surface area (Å²) in [5, 5.41) is 16.9. The molecule has 1 unspecified atom stereocenters. The predicted octanol–water partition coefficient (Wildman–Crippen LogP) is 4.78. The molecule has 246 valence electrons. The van der Waals surface area contributed by atoms with Gasteiger partial charge in [-0.1, -0.05) is 65.9 Å². The molecule has 1 heterocycles. The highest BCUT2D eigenvalue weighted by molar-refractivity contribution is 7.15. The van der Waals surface area contributed by atoms with Crippen LogP contribution in [0.5, 0.6) is 0 Å². The first-order valence-corrected chi connectivity index (χ1v) is 15.4. The second kappa shape index (κ2) is 17.1. The number of carbonyl (C=O) groups excluding carboxylic acids is 3. The van der Waals surface area contributed by atoms with Crippen molar-refractivity contribution in [3.63, 3.8) is 0 Å². The Morgan fingerprint density at radius 2 is 1.65 bits per heavy atom. The molecule has 14 heteroatoms. The minimum atomic E-state index is -4.98. The number of benzene rings is 2. The number of nitrogens with one attached hydrogen (secondary N) is 3. The maximum atomic E-state index is 12.6. The minimum Gasteiger partial charge on any atom is -0.385 e. The van der Waals surface area contributed by atoms with Gasteiger partial charge in [-0.3, -0.25) is 14.4 Å². The fourth-order valence-electron chi connectivity index (χ4n) is 4.34. The van der Waals surface area contributed by atoms with E-state index in [1.165, 1.54) is 18.3 Å². The Kier molecular flexibility index (Phi) is 13.3. The average molecular weight is 658 g/mol. The lowest BCUT2D eigenvalue weighted by atomic mass is 10.0. The molecule has 0 aliphatic carbocycles. The Hall–Kier alpha value is -4.72. The minimum absolute atomic E-state index is 0.0589. The number of hydrogen-bond donors (Lipinski definition) is 4. The second-order valence-corrected chi connectivity index (χ2v) is 11.8. The van der Waals surface area contributed by atoms with Gasteiger partial charge in [0.1, 0.15) is 10.8 Å². The van der Waals surface area contributed by atoms with Gasteiger partial charge in [-0.25, -0.2) is 0 Å². The van der Waals surface area contributed by atoms with Crippen molar-refractivity contribution < 1.29 is 27.6 Å². The van der Waals surface area contributed by atoms with Crippen LogP contribution in [0.4, 0.5) is 18.3 Å². The molecule has 10 nitrogen and oxygen atoms in total. The molecule has 3 aromatic rings. The van der Waals surface area contributed by atoms with E-state index in [4.69, 9.17) is 5.73 Å². The van der Waals surface area contributed by atoms with E-state index >= 15 is 0 Å². The van der Waals surface area contributed by atoms with E-state index in [1.54, 1.807) is 30.3 Å². The Bertz CT molecular complexity index is 1540. The lowest BCUT2D eigenvalue weighted by Gasteiger charge is -2.17. The van der Waals surface area contributed by atoms with Gasteiger partial charge in [0.15, 0.2) is 0 Å². The lowest BCUT2D eigenvalue weighted by molar-refractivity contribution is -0.174. The molecule has 0 fully saturated rings. The fraction of sp³-hybridized carbons (Fsp3) is 0.344. The van der Waals surface area contributed by atoms with Gasteiger partial charge >= 0.3 is 12.1 Å². The van der Waals surface area contributed by atoms with Crippen LogP contribution >= 0.6 is 11.3 Å². The van der Waals surface area contributed by atoms with E-state index in [0.717, 1.165) is 42.0 Å². The smallest absolute Gasteiger partial charge is 0.385 e.